The molecule has 1 rings (SSSR count). The fraction of sp³-hybridized carbons (Fsp3) is 0.688. The van der Waals surface area contributed by atoms with Crippen LogP contribution in [0, 0.1) is 11.8 Å². The van der Waals surface area contributed by atoms with E-state index in [0.717, 1.165) is 32.1 Å². The van der Waals surface area contributed by atoms with E-state index in [-0.39, 0.29) is 11.9 Å². The number of ether oxygens (including phenoxy) is 1. The molecule has 0 aromatic rings. The first-order valence-corrected chi connectivity index (χ1v) is 6.98. The van der Waals surface area contributed by atoms with Crippen LogP contribution in [-0.4, -0.2) is 12.6 Å². The maximum Gasteiger partial charge on any atom is 0.309 e. The summed E-state index contributed by atoms with van der Waals surface area (Å²) in [7, 11) is 0. The lowest BCUT2D eigenvalue weighted by atomic mass is 9.84. The molecule has 2 nitrogen and oxygen atoms in total. The third kappa shape index (κ3) is 5.07. The SMILES string of the molecule is C=C1CCCC(C(=O)OCC=C(C)C)CCC1C. The number of carbonyl (C=O) groups excluding carboxylic acids is 1. The summed E-state index contributed by atoms with van der Waals surface area (Å²) in [5.41, 5.74) is 2.52. The Labute approximate surface area is 111 Å². The second-order valence-electron chi connectivity index (χ2n) is 5.64. The molecule has 0 N–H and O–H groups in total. The van der Waals surface area contributed by atoms with E-state index < -0.39 is 0 Å². The first-order valence-electron chi connectivity index (χ1n) is 6.98. The van der Waals surface area contributed by atoms with Crippen LogP contribution in [0.15, 0.2) is 23.8 Å². The lowest BCUT2D eigenvalue weighted by Crippen LogP contribution is -2.20. The van der Waals surface area contributed by atoms with Gasteiger partial charge in [0.2, 0.25) is 0 Å². The number of allylic oxidation sites excluding steroid dienone is 2. The third-order valence-electron chi connectivity index (χ3n) is 3.75. The van der Waals surface area contributed by atoms with Gasteiger partial charge in [-0.1, -0.05) is 24.6 Å². The van der Waals surface area contributed by atoms with Crippen LogP contribution in [0.2, 0.25) is 0 Å². The van der Waals surface area contributed by atoms with Crippen LogP contribution in [0.3, 0.4) is 0 Å². The Balaban J connectivity index is 2.42. The first-order chi connectivity index (χ1) is 8.50. The molecule has 0 amide bonds. The number of carbonyl (C=O) groups is 1. The van der Waals surface area contributed by atoms with E-state index in [2.05, 4.69) is 13.5 Å². The minimum absolute atomic E-state index is 0.0211. The van der Waals surface area contributed by atoms with Crippen molar-refractivity contribution in [3.05, 3.63) is 23.8 Å². The quantitative estimate of drug-likeness (QED) is 0.552. The summed E-state index contributed by atoms with van der Waals surface area (Å²) in [4.78, 5) is 12.0. The molecule has 1 aliphatic rings. The standard InChI is InChI=1S/C16H26O2/c1-12(2)10-11-18-16(17)15-7-5-6-13(3)14(4)8-9-15/h10,14-15H,3,5-9,11H2,1-2,4H3. The van der Waals surface area contributed by atoms with E-state index in [1.807, 2.05) is 19.9 Å². The van der Waals surface area contributed by atoms with E-state index in [1.165, 1.54) is 11.1 Å². The van der Waals surface area contributed by atoms with Gasteiger partial charge in [-0.05, 0) is 57.9 Å². The van der Waals surface area contributed by atoms with Crippen LogP contribution in [0.5, 0.6) is 0 Å². The van der Waals surface area contributed by atoms with Gasteiger partial charge in [0.1, 0.15) is 6.61 Å². The van der Waals surface area contributed by atoms with Gasteiger partial charge in [0.05, 0.1) is 5.92 Å². The molecule has 2 atom stereocenters. The summed E-state index contributed by atoms with van der Waals surface area (Å²) in [6.07, 6.45) is 7.00. The summed E-state index contributed by atoms with van der Waals surface area (Å²) >= 11 is 0. The lowest BCUT2D eigenvalue weighted by Gasteiger charge is -2.23. The Bertz CT molecular complexity index is 324. The average Bonchev–Trinajstić information content (AvgIpc) is 2.30. The molecular formula is C16H26O2. The predicted molar refractivity (Wildman–Crippen MR) is 75.3 cm³/mol. The zero-order valence-corrected chi connectivity index (χ0v) is 12.0. The minimum atomic E-state index is -0.0211. The van der Waals surface area contributed by atoms with Crippen molar-refractivity contribution in [3.8, 4) is 0 Å². The Morgan fingerprint density at radius 1 is 1.39 bits per heavy atom. The van der Waals surface area contributed by atoms with Crippen molar-refractivity contribution in [2.45, 2.75) is 52.9 Å². The van der Waals surface area contributed by atoms with Crippen LogP contribution in [0.4, 0.5) is 0 Å². The third-order valence-corrected chi connectivity index (χ3v) is 3.75. The van der Waals surface area contributed by atoms with Gasteiger partial charge >= 0.3 is 5.97 Å². The molecule has 0 aliphatic heterocycles. The van der Waals surface area contributed by atoms with Crippen molar-refractivity contribution in [1.82, 2.24) is 0 Å². The van der Waals surface area contributed by atoms with Gasteiger partial charge in [0.15, 0.2) is 0 Å². The number of rotatable bonds is 3. The van der Waals surface area contributed by atoms with Crippen LogP contribution in [-0.2, 0) is 9.53 Å². The maximum absolute atomic E-state index is 12.0. The molecule has 0 aromatic heterocycles. The van der Waals surface area contributed by atoms with Crippen molar-refractivity contribution >= 4 is 5.97 Å². The lowest BCUT2D eigenvalue weighted by molar-refractivity contribution is -0.148. The minimum Gasteiger partial charge on any atom is -0.461 e. The molecule has 1 fully saturated rings. The average molecular weight is 250 g/mol. The van der Waals surface area contributed by atoms with E-state index in [9.17, 15) is 4.79 Å². The predicted octanol–water partition coefficient (Wildman–Crippen LogP) is 4.27. The fourth-order valence-electron chi connectivity index (χ4n) is 2.27. The second-order valence-corrected chi connectivity index (χ2v) is 5.64. The zero-order valence-electron chi connectivity index (χ0n) is 12.0. The van der Waals surface area contributed by atoms with Gasteiger partial charge in [-0.15, -0.1) is 0 Å². The second kappa shape index (κ2) is 7.40. The van der Waals surface area contributed by atoms with Gasteiger partial charge in [-0.2, -0.15) is 0 Å². The summed E-state index contributed by atoms with van der Waals surface area (Å²) in [5.74, 6) is 0.608. The summed E-state index contributed by atoms with van der Waals surface area (Å²) in [5, 5.41) is 0. The highest BCUT2D eigenvalue weighted by Crippen LogP contribution is 2.29. The van der Waals surface area contributed by atoms with Crippen molar-refractivity contribution in [2.75, 3.05) is 6.61 Å². The molecule has 0 saturated heterocycles. The molecule has 1 saturated carbocycles. The molecule has 2 unspecified atom stereocenters. The van der Waals surface area contributed by atoms with Crippen LogP contribution in [0.25, 0.3) is 0 Å². The van der Waals surface area contributed by atoms with E-state index in [4.69, 9.17) is 4.74 Å². The van der Waals surface area contributed by atoms with Crippen LogP contribution >= 0.6 is 0 Å². The molecule has 102 valence electrons. The monoisotopic (exact) mass is 250 g/mol. The Morgan fingerprint density at radius 2 is 2.11 bits per heavy atom. The topological polar surface area (TPSA) is 26.3 Å². The summed E-state index contributed by atoms with van der Waals surface area (Å²) in [6.45, 7) is 10.8. The van der Waals surface area contributed by atoms with Crippen molar-refractivity contribution < 1.29 is 9.53 Å². The van der Waals surface area contributed by atoms with E-state index in [0.29, 0.717) is 12.5 Å². The number of hydrogen-bond acceptors (Lipinski definition) is 2. The highest BCUT2D eigenvalue weighted by molar-refractivity contribution is 5.72. The summed E-state index contributed by atoms with van der Waals surface area (Å²) in [6, 6.07) is 0. The highest BCUT2D eigenvalue weighted by Gasteiger charge is 2.23. The summed E-state index contributed by atoms with van der Waals surface area (Å²) < 4.78 is 5.31. The Hall–Kier alpha value is -1.05. The van der Waals surface area contributed by atoms with E-state index in [1.54, 1.807) is 0 Å². The Morgan fingerprint density at radius 3 is 2.78 bits per heavy atom. The largest absolute Gasteiger partial charge is 0.461 e. The molecule has 0 bridgehead atoms. The van der Waals surface area contributed by atoms with Crippen molar-refractivity contribution in [3.63, 3.8) is 0 Å². The molecule has 0 radical (unpaired) electrons. The molecule has 0 aromatic carbocycles. The van der Waals surface area contributed by atoms with Gasteiger partial charge in [0.25, 0.3) is 0 Å². The molecule has 2 heteroatoms. The van der Waals surface area contributed by atoms with Crippen LogP contribution < -0.4 is 0 Å². The van der Waals surface area contributed by atoms with E-state index >= 15 is 0 Å². The molecule has 0 spiro atoms. The highest BCUT2D eigenvalue weighted by atomic mass is 16.5. The molecule has 1 aliphatic carbocycles. The normalized spacial score (nSPS) is 24.9. The van der Waals surface area contributed by atoms with Gasteiger partial charge in [-0.25, -0.2) is 0 Å². The van der Waals surface area contributed by atoms with Crippen molar-refractivity contribution in [1.29, 1.82) is 0 Å². The molecule has 18 heavy (non-hydrogen) atoms. The first kappa shape index (κ1) is 15.0. The zero-order chi connectivity index (χ0) is 13.5. The van der Waals surface area contributed by atoms with Crippen molar-refractivity contribution in [2.24, 2.45) is 11.8 Å². The van der Waals surface area contributed by atoms with Crippen LogP contribution in [0.1, 0.15) is 52.9 Å². The maximum atomic E-state index is 12.0. The number of esters is 1. The number of hydrogen-bond donors (Lipinski definition) is 0. The Kier molecular flexibility index (Phi) is 6.17. The fourth-order valence-corrected chi connectivity index (χ4v) is 2.27. The smallest absolute Gasteiger partial charge is 0.309 e. The van der Waals surface area contributed by atoms with Gasteiger partial charge in [0, 0.05) is 0 Å². The van der Waals surface area contributed by atoms with Gasteiger partial charge < -0.3 is 4.74 Å². The molecular weight excluding hydrogens is 224 g/mol. The molecule has 0 heterocycles. The van der Waals surface area contributed by atoms with Gasteiger partial charge in [-0.3, -0.25) is 4.79 Å².